The third kappa shape index (κ3) is 1.43. The summed E-state index contributed by atoms with van der Waals surface area (Å²) in [6.07, 6.45) is 4.03. The normalized spacial score (nSPS) is 16.3. The Morgan fingerprint density at radius 2 is 1.69 bits per heavy atom. The molecule has 1 aromatic heterocycles. The van der Waals surface area contributed by atoms with Crippen molar-refractivity contribution < 1.29 is 0 Å². The van der Waals surface area contributed by atoms with Crippen LogP contribution in [-0.4, -0.2) is 0 Å². The molecule has 1 aliphatic rings. The zero-order valence-electron chi connectivity index (χ0n) is 9.03. The molecular formula is C12H18S. The second kappa shape index (κ2) is 2.84. The van der Waals surface area contributed by atoms with E-state index in [1.807, 2.05) is 11.3 Å². The zero-order chi connectivity index (χ0) is 9.64. The van der Waals surface area contributed by atoms with E-state index >= 15 is 0 Å². The molecule has 0 amide bonds. The molecule has 0 unspecified atom stereocenters. The van der Waals surface area contributed by atoms with Crippen molar-refractivity contribution in [3.05, 3.63) is 20.9 Å². The monoisotopic (exact) mass is 194 g/mol. The lowest BCUT2D eigenvalue weighted by Gasteiger charge is -2.18. The highest BCUT2D eigenvalue weighted by Crippen LogP contribution is 2.41. The molecule has 1 heterocycles. The topological polar surface area (TPSA) is 0 Å². The molecule has 13 heavy (non-hydrogen) atoms. The molecule has 1 aliphatic carbocycles. The molecule has 0 bridgehead atoms. The van der Waals surface area contributed by atoms with E-state index in [9.17, 15) is 0 Å². The lowest BCUT2D eigenvalue weighted by Crippen LogP contribution is -2.10. The SMILES string of the molecule is Cc1sc(C(C)(C)C)c2c1CCC2. The average Bonchev–Trinajstić information content (AvgIpc) is 2.51. The van der Waals surface area contributed by atoms with E-state index in [0.29, 0.717) is 5.41 Å². The van der Waals surface area contributed by atoms with Crippen molar-refractivity contribution in [1.29, 1.82) is 0 Å². The number of thiophene rings is 1. The number of fused-ring (bicyclic) bond motifs is 1. The fourth-order valence-electron chi connectivity index (χ4n) is 2.26. The van der Waals surface area contributed by atoms with Gasteiger partial charge in [-0.25, -0.2) is 0 Å². The molecule has 0 saturated carbocycles. The fraction of sp³-hybridized carbons (Fsp3) is 0.667. The van der Waals surface area contributed by atoms with Crippen molar-refractivity contribution in [3.8, 4) is 0 Å². The van der Waals surface area contributed by atoms with E-state index in [0.717, 1.165) is 0 Å². The molecule has 0 radical (unpaired) electrons. The van der Waals surface area contributed by atoms with Crippen LogP contribution in [0.4, 0.5) is 0 Å². The maximum Gasteiger partial charge on any atom is 0.0136 e. The van der Waals surface area contributed by atoms with Gasteiger partial charge in [-0.2, -0.15) is 0 Å². The number of rotatable bonds is 0. The molecule has 0 atom stereocenters. The van der Waals surface area contributed by atoms with Gasteiger partial charge in [0, 0.05) is 9.75 Å². The summed E-state index contributed by atoms with van der Waals surface area (Å²) < 4.78 is 0. The second-order valence-corrected chi connectivity index (χ2v) is 6.27. The van der Waals surface area contributed by atoms with Crippen molar-refractivity contribution in [2.24, 2.45) is 0 Å². The fourth-order valence-corrected chi connectivity index (χ4v) is 3.57. The Labute approximate surface area is 85.0 Å². The summed E-state index contributed by atoms with van der Waals surface area (Å²) in [5.74, 6) is 0. The highest BCUT2D eigenvalue weighted by Gasteiger charge is 2.26. The zero-order valence-corrected chi connectivity index (χ0v) is 9.85. The lowest BCUT2D eigenvalue weighted by molar-refractivity contribution is 0.598. The smallest absolute Gasteiger partial charge is 0.0136 e. The van der Waals surface area contributed by atoms with Crippen LogP contribution in [0.1, 0.15) is 48.1 Å². The van der Waals surface area contributed by atoms with E-state index in [1.165, 1.54) is 19.3 Å². The van der Waals surface area contributed by atoms with Crippen molar-refractivity contribution in [2.75, 3.05) is 0 Å². The van der Waals surface area contributed by atoms with Crippen LogP contribution in [0, 0.1) is 6.92 Å². The summed E-state index contributed by atoms with van der Waals surface area (Å²) in [6.45, 7) is 9.27. The Hall–Kier alpha value is -0.300. The largest absolute Gasteiger partial charge is 0.145 e. The minimum atomic E-state index is 0.355. The number of hydrogen-bond donors (Lipinski definition) is 0. The van der Waals surface area contributed by atoms with Gasteiger partial charge in [0.25, 0.3) is 0 Å². The van der Waals surface area contributed by atoms with Gasteiger partial charge in [-0.15, -0.1) is 11.3 Å². The van der Waals surface area contributed by atoms with Crippen LogP contribution in [0.3, 0.4) is 0 Å². The van der Waals surface area contributed by atoms with E-state index < -0.39 is 0 Å². The number of hydrogen-bond acceptors (Lipinski definition) is 1. The predicted octanol–water partition coefficient (Wildman–Crippen LogP) is 3.84. The van der Waals surface area contributed by atoms with E-state index in [-0.39, 0.29) is 0 Å². The second-order valence-electron chi connectivity index (χ2n) is 5.05. The summed E-state index contributed by atoms with van der Waals surface area (Å²) in [7, 11) is 0. The molecule has 72 valence electrons. The van der Waals surface area contributed by atoms with Crippen molar-refractivity contribution >= 4 is 11.3 Å². The summed E-state index contributed by atoms with van der Waals surface area (Å²) >= 11 is 2.02. The van der Waals surface area contributed by atoms with E-state index in [1.54, 1.807) is 20.9 Å². The molecule has 1 aromatic rings. The van der Waals surface area contributed by atoms with Crippen molar-refractivity contribution in [2.45, 2.75) is 52.4 Å². The molecule has 0 aliphatic heterocycles. The molecule has 0 aromatic carbocycles. The highest BCUT2D eigenvalue weighted by molar-refractivity contribution is 7.12. The molecule has 0 saturated heterocycles. The third-order valence-corrected chi connectivity index (χ3v) is 4.47. The highest BCUT2D eigenvalue weighted by atomic mass is 32.1. The first kappa shape index (κ1) is 9.26. The Balaban J connectivity index is 2.55. The quantitative estimate of drug-likeness (QED) is 0.588. The minimum Gasteiger partial charge on any atom is -0.145 e. The predicted molar refractivity (Wildman–Crippen MR) is 59.8 cm³/mol. The summed E-state index contributed by atoms with van der Waals surface area (Å²) in [4.78, 5) is 3.20. The summed E-state index contributed by atoms with van der Waals surface area (Å²) in [5, 5.41) is 0. The van der Waals surface area contributed by atoms with Gasteiger partial charge in [-0.3, -0.25) is 0 Å². The van der Waals surface area contributed by atoms with Gasteiger partial charge in [0.1, 0.15) is 0 Å². The Bertz CT molecular complexity index is 326. The summed E-state index contributed by atoms with van der Waals surface area (Å²) in [5.41, 5.74) is 3.72. The Kier molecular flexibility index (Phi) is 2.03. The molecule has 0 spiro atoms. The van der Waals surface area contributed by atoms with Crippen molar-refractivity contribution in [1.82, 2.24) is 0 Å². The van der Waals surface area contributed by atoms with Gasteiger partial charge in [0.15, 0.2) is 0 Å². The third-order valence-electron chi connectivity index (χ3n) is 2.85. The van der Waals surface area contributed by atoms with Gasteiger partial charge in [0.05, 0.1) is 0 Å². The minimum absolute atomic E-state index is 0.355. The maximum atomic E-state index is 2.33. The lowest BCUT2D eigenvalue weighted by atomic mass is 9.91. The van der Waals surface area contributed by atoms with Crippen molar-refractivity contribution in [3.63, 3.8) is 0 Å². The van der Waals surface area contributed by atoms with Gasteiger partial charge in [0.2, 0.25) is 0 Å². The van der Waals surface area contributed by atoms with Gasteiger partial charge >= 0.3 is 0 Å². The van der Waals surface area contributed by atoms with Crippen LogP contribution >= 0.6 is 11.3 Å². The molecule has 0 nitrogen and oxygen atoms in total. The van der Waals surface area contributed by atoms with Crippen LogP contribution in [-0.2, 0) is 18.3 Å². The van der Waals surface area contributed by atoms with Crippen LogP contribution in [0.25, 0.3) is 0 Å². The first-order chi connectivity index (χ1) is 6.00. The van der Waals surface area contributed by atoms with Crippen LogP contribution in [0.5, 0.6) is 0 Å². The van der Waals surface area contributed by atoms with E-state index in [2.05, 4.69) is 27.7 Å². The Morgan fingerprint density at radius 1 is 1.08 bits per heavy atom. The maximum absolute atomic E-state index is 2.33. The van der Waals surface area contributed by atoms with Crippen LogP contribution in [0.15, 0.2) is 0 Å². The van der Waals surface area contributed by atoms with Crippen LogP contribution < -0.4 is 0 Å². The average molecular weight is 194 g/mol. The molecule has 2 rings (SSSR count). The first-order valence-electron chi connectivity index (χ1n) is 5.12. The molecule has 1 heteroatoms. The molecule has 0 N–H and O–H groups in total. The van der Waals surface area contributed by atoms with E-state index in [4.69, 9.17) is 0 Å². The first-order valence-corrected chi connectivity index (χ1v) is 5.93. The molecular weight excluding hydrogens is 176 g/mol. The van der Waals surface area contributed by atoms with Gasteiger partial charge in [-0.05, 0) is 42.7 Å². The standard InChI is InChI=1S/C12H18S/c1-8-9-6-5-7-10(9)11(13-8)12(2,3)4/h5-7H2,1-4H3. The Morgan fingerprint density at radius 3 is 2.31 bits per heavy atom. The molecule has 0 fully saturated rings. The van der Waals surface area contributed by atoms with Gasteiger partial charge < -0.3 is 0 Å². The summed E-state index contributed by atoms with van der Waals surface area (Å²) in [6, 6.07) is 0. The number of aryl methyl sites for hydroxylation is 1. The van der Waals surface area contributed by atoms with Gasteiger partial charge in [-0.1, -0.05) is 20.8 Å². The van der Waals surface area contributed by atoms with Crippen LogP contribution in [0.2, 0.25) is 0 Å².